The van der Waals surface area contributed by atoms with Gasteiger partial charge in [-0.25, -0.2) is 4.79 Å². The number of ether oxygens (including phenoxy) is 2. The van der Waals surface area contributed by atoms with Crippen LogP contribution in [0, 0.1) is 19.8 Å². The number of rotatable bonds is 5. The molecule has 2 rings (SSSR count). The smallest absolute Gasteiger partial charge is 0.339 e. The minimum absolute atomic E-state index is 0.145. The van der Waals surface area contributed by atoms with Gasteiger partial charge in [-0.3, -0.25) is 9.59 Å². The second-order valence-electron chi connectivity index (χ2n) is 5.81. The third kappa shape index (κ3) is 4.56. The summed E-state index contributed by atoms with van der Waals surface area (Å²) in [6.07, 6.45) is 1.17. The maximum atomic E-state index is 12.2. The number of esters is 2. The van der Waals surface area contributed by atoms with Crippen LogP contribution >= 0.6 is 11.3 Å². The van der Waals surface area contributed by atoms with E-state index >= 15 is 0 Å². The summed E-state index contributed by atoms with van der Waals surface area (Å²) < 4.78 is 10.1. The highest BCUT2D eigenvalue weighted by Gasteiger charge is 2.28. The molecule has 1 aliphatic rings. The number of hydrogen-bond donors (Lipinski definition) is 0. The van der Waals surface area contributed by atoms with Crippen LogP contribution in [0.3, 0.4) is 0 Å². The highest BCUT2D eigenvalue weighted by Crippen LogP contribution is 2.22. The number of thiophene rings is 1. The van der Waals surface area contributed by atoms with Crippen LogP contribution in [0.15, 0.2) is 6.07 Å². The number of piperidine rings is 1. The molecule has 0 atom stereocenters. The van der Waals surface area contributed by atoms with Gasteiger partial charge in [-0.15, -0.1) is 11.3 Å². The van der Waals surface area contributed by atoms with E-state index in [2.05, 4.69) is 0 Å². The Morgan fingerprint density at radius 3 is 2.42 bits per heavy atom. The number of amides is 1. The van der Waals surface area contributed by atoms with E-state index in [1.807, 2.05) is 13.8 Å². The van der Waals surface area contributed by atoms with Gasteiger partial charge in [0.05, 0.1) is 18.1 Å². The number of carbonyl (C=O) groups is 3. The molecule has 24 heavy (non-hydrogen) atoms. The zero-order valence-corrected chi connectivity index (χ0v) is 15.1. The molecule has 1 aromatic rings. The van der Waals surface area contributed by atoms with Crippen molar-refractivity contribution in [2.24, 2.45) is 5.92 Å². The topological polar surface area (TPSA) is 72.9 Å². The van der Waals surface area contributed by atoms with Crippen molar-refractivity contribution < 1.29 is 23.9 Å². The zero-order chi connectivity index (χ0) is 17.7. The van der Waals surface area contributed by atoms with Crippen molar-refractivity contribution in [3.63, 3.8) is 0 Å². The third-order valence-electron chi connectivity index (χ3n) is 4.06. The van der Waals surface area contributed by atoms with E-state index in [1.54, 1.807) is 17.9 Å². The molecule has 1 amide bonds. The Hall–Kier alpha value is -1.89. The van der Waals surface area contributed by atoms with Gasteiger partial charge in [-0.1, -0.05) is 0 Å². The molecule has 1 saturated heterocycles. The maximum absolute atomic E-state index is 12.2. The quantitative estimate of drug-likeness (QED) is 0.760. The number of aryl methyl sites for hydroxylation is 2. The molecule has 2 heterocycles. The van der Waals surface area contributed by atoms with Gasteiger partial charge in [-0.2, -0.15) is 0 Å². The molecule has 0 spiro atoms. The lowest BCUT2D eigenvalue weighted by atomic mass is 9.97. The van der Waals surface area contributed by atoms with Crippen LogP contribution in [0.5, 0.6) is 0 Å². The van der Waals surface area contributed by atoms with E-state index in [-0.39, 0.29) is 24.4 Å². The number of nitrogens with zero attached hydrogens (tertiary/aromatic N) is 1. The summed E-state index contributed by atoms with van der Waals surface area (Å²) in [5.41, 5.74) is 0.520. The third-order valence-corrected chi connectivity index (χ3v) is 5.02. The minimum Gasteiger partial charge on any atom is -0.466 e. The first kappa shape index (κ1) is 18.4. The van der Waals surface area contributed by atoms with Crippen LogP contribution in [0.25, 0.3) is 0 Å². The number of hydrogen-bond acceptors (Lipinski definition) is 6. The average Bonchev–Trinajstić information content (AvgIpc) is 2.91. The Balaban J connectivity index is 1.79. The fourth-order valence-electron chi connectivity index (χ4n) is 2.75. The molecule has 0 aliphatic carbocycles. The summed E-state index contributed by atoms with van der Waals surface area (Å²) in [5, 5.41) is 0. The Kier molecular flexibility index (Phi) is 6.36. The lowest BCUT2D eigenvalue weighted by molar-refractivity contribution is -0.151. The molecule has 132 valence electrons. The van der Waals surface area contributed by atoms with Crippen LogP contribution in [-0.2, 0) is 19.1 Å². The van der Waals surface area contributed by atoms with Crippen LogP contribution in [0.2, 0.25) is 0 Å². The Morgan fingerprint density at radius 1 is 1.21 bits per heavy atom. The largest absolute Gasteiger partial charge is 0.466 e. The maximum Gasteiger partial charge on any atom is 0.339 e. The summed E-state index contributed by atoms with van der Waals surface area (Å²) in [6.45, 7) is 6.63. The van der Waals surface area contributed by atoms with Crippen molar-refractivity contribution in [3.8, 4) is 0 Å². The molecular weight excluding hydrogens is 330 g/mol. The molecule has 1 fully saturated rings. The van der Waals surface area contributed by atoms with Gasteiger partial charge in [0.25, 0.3) is 5.91 Å². The van der Waals surface area contributed by atoms with Gasteiger partial charge < -0.3 is 14.4 Å². The lowest BCUT2D eigenvalue weighted by Gasteiger charge is -2.30. The predicted molar refractivity (Wildman–Crippen MR) is 90.0 cm³/mol. The second-order valence-corrected chi connectivity index (χ2v) is 7.27. The fourth-order valence-corrected chi connectivity index (χ4v) is 3.67. The summed E-state index contributed by atoms with van der Waals surface area (Å²) in [7, 11) is 0. The number of carbonyl (C=O) groups excluding carboxylic acids is 3. The summed E-state index contributed by atoms with van der Waals surface area (Å²) in [4.78, 5) is 39.4. The molecule has 6 nitrogen and oxygen atoms in total. The molecule has 0 unspecified atom stereocenters. The van der Waals surface area contributed by atoms with Crippen LogP contribution in [0.4, 0.5) is 0 Å². The molecule has 1 aliphatic heterocycles. The van der Waals surface area contributed by atoms with Crippen molar-refractivity contribution in [3.05, 3.63) is 21.4 Å². The van der Waals surface area contributed by atoms with Crippen molar-refractivity contribution in [1.82, 2.24) is 4.90 Å². The molecular formula is C17H23NO5S. The van der Waals surface area contributed by atoms with Crippen molar-refractivity contribution in [1.29, 1.82) is 0 Å². The van der Waals surface area contributed by atoms with Gasteiger partial charge in [0.1, 0.15) is 0 Å². The van der Waals surface area contributed by atoms with E-state index in [9.17, 15) is 14.4 Å². The Bertz CT molecular complexity index is 616. The minimum atomic E-state index is -0.466. The predicted octanol–water partition coefficient (Wildman–Crippen LogP) is 2.32. The van der Waals surface area contributed by atoms with Crippen molar-refractivity contribution in [2.45, 2.75) is 33.6 Å². The molecule has 1 aromatic heterocycles. The monoisotopic (exact) mass is 353 g/mol. The van der Waals surface area contributed by atoms with Gasteiger partial charge in [0.15, 0.2) is 6.61 Å². The Morgan fingerprint density at radius 2 is 1.88 bits per heavy atom. The average molecular weight is 353 g/mol. The molecule has 0 saturated carbocycles. The lowest BCUT2D eigenvalue weighted by Crippen LogP contribution is -2.42. The Labute approximate surface area is 145 Å². The van der Waals surface area contributed by atoms with Crippen molar-refractivity contribution >= 4 is 29.2 Å². The first-order valence-electron chi connectivity index (χ1n) is 8.11. The van der Waals surface area contributed by atoms with Gasteiger partial charge >= 0.3 is 11.9 Å². The molecule has 0 radical (unpaired) electrons. The standard InChI is InChI=1S/C17H23NO5S/c1-4-22-16(20)13-5-7-18(8-6-13)15(19)10-23-17(21)14-9-11(2)24-12(14)3/h9,13H,4-8,10H2,1-3H3. The van der Waals surface area contributed by atoms with E-state index < -0.39 is 5.97 Å². The van der Waals surface area contributed by atoms with E-state index in [0.29, 0.717) is 38.1 Å². The van der Waals surface area contributed by atoms with E-state index in [0.717, 1.165) is 9.75 Å². The number of likely N-dealkylation sites (tertiary alicyclic amines) is 1. The van der Waals surface area contributed by atoms with Crippen LogP contribution < -0.4 is 0 Å². The normalized spacial score (nSPS) is 15.2. The van der Waals surface area contributed by atoms with Gasteiger partial charge in [0, 0.05) is 22.8 Å². The van der Waals surface area contributed by atoms with Crippen LogP contribution in [0.1, 0.15) is 39.9 Å². The fraction of sp³-hybridized carbons (Fsp3) is 0.588. The highest BCUT2D eigenvalue weighted by atomic mass is 32.1. The second kappa shape index (κ2) is 8.28. The summed E-state index contributed by atoms with van der Waals surface area (Å²) in [5.74, 6) is -1.03. The summed E-state index contributed by atoms with van der Waals surface area (Å²) in [6, 6.07) is 1.78. The first-order chi connectivity index (χ1) is 11.4. The van der Waals surface area contributed by atoms with E-state index in [4.69, 9.17) is 9.47 Å². The van der Waals surface area contributed by atoms with E-state index in [1.165, 1.54) is 11.3 Å². The zero-order valence-electron chi connectivity index (χ0n) is 14.3. The highest BCUT2D eigenvalue weighted by molar-refractivity contribution is 7.12. The first-order valence-corrected chi connectivity index (χ1v) is 8.92. The SMILES string of the molecule is CCOC(=O)C1CCN(C(=O)COC(=O)c2cc(C)sc2C)CC1. The van der Waals surface area contributed by atoms with Crippen LogP contribution in [-0.4, -0.2) is 49.0 Å². The molecule has 0 N–H and O–H groups in total. The molecule has 0 aromatic carbocycles. The molecule has 7 heteroatoms. The molecule has 0 bridgehead atoms. The van der Waals surface area contributed by atoms with Gasteiger partial charge in [-0.05, 0) is 39.7 Å². The summed E-state index contributed by atoms with van der Waals surface area (Å²) >= 11 is 1.53. The van der Waals surface area contributed by atoms with Crippen molar-refractivity contribution in [2.75, 3.05) is 26.3 Å². The van der Waals surface area contributed by atoms with Gasteiger partial charge in [0.2, 0.25) is 0 Å².